The van der Waals surface area contributed by atoms with Crippen LogP contribution in [-0.2, 0) is 28.6 Å². The third-order valence-corrected chi connectivity index (χ3v) is 2.52. The van der Waals surface area contributed by atoms with Gasteiger partial charge in [-0.25, -0.2) is 14.4 Å². The van der Waals surface area contributed by atoms with Gasteiger partial charge in [0.25, 0.3) is 0 Å². The molecule has 29 heavy (non-hydrogen) atoms. The van der Waals surface area contributed by atoms with Crippen LogP contribution in [0.4, 0.5) is 0 Å². The molecule has 0 bridgehead atoms. The zero-order valence-electron chi connectivity index (χ0n) is 17.4. The number of ether oxygens (including phenoxy) is 3. The largest absolute Gasteiger partial charge is 0.478 e. The lowest BCUT2D eigenvalue weighted by Gasteiger charge is -1.99. The van der Waals surface area contributed by atoms with E-state index in [-0.39, 0.29) is 23.6 Å². The highest BCUT2D eigenvalue weighted by atomic mass is 16.6. The fourth-order valence-corrected chi connectivity index (χ4v) is 0.832. The number of carboxylic acids is 1. The molecule has 1 rings (SSSR count). The number of hydrogen-bond acceptors (Lipinski definition) is 7. The molecule has 0 spiro atoms. The predicted molar refractivity (Wildman–Crippen MR) is 110 cm³/mol. The second kappa shape index (κ2) is 21.1. The van der Waals surface area contributed by atoms with Gasteiger partial charge >= 0.3 is 17.9 Å². The fraction of sp³-hybridized carbons (Fsp3) is 0.429. The van der Waals surface area contributed by atoms with Gasteiger partial charge in [-0.05, 0) is 20.3 Å². The van der Waals surface area contributed by atoms with Crippen LogP contribution in [0.5, 0.6) is 0 Å². The molecule has 1 atom stereocenters. The van der Waals surface area contributed by atoms with E-state index in [0.29, 0.717) is 25.4 Å². The molecular weight excluding hydrogens is 378 g/mol. The lowest BCUT2D eigenvalue weighted by molar-refractivity contribution is -0.139. The van der Waals surface area contributed by atoms with Crippen LogP contribution in [0.25, 0.3) is 0 Å². The number of unbranched alkanes of at least 4 members (excludes halogenated alkanes) is 1. The topological polar surface area (TPSA) is 126 Å². The van der Waals surface area contributed by atoms with Crippen LogP contribution in [0, 0.1) is 11.3 Å². The number of carbonyl (C=O) groups excluding carboxylic acids is 2. The quantitative estimate of drug-likeness (QED) is 0.213. The van der Waals surface area contributed by atoms with Crippen molar-refractivity contribution in [2.45, 2.75) is 39.7 Å². The first kappa shape index (κ1) is 30.5. The van der Waals surface area contributed by atoms with Crippen molar-refractivity contribution in [3.8, 4) is 6.07 Å². The summed E-state index contributed by atoms with van der Waals surface area (Å²) >= 11 is 0. The lowest BCUT2D eigenvalue weighted by Crippen LogP contribution is -2.09. The average molecular weight is 409 g/mol. The van der Waals surface area contributed by atoms with Crippen molar-refractivity contribution in [1.29, 1.82) is 5.26 Å². The van der Waals surface area contributed by atoms with Crippen LogP contribution in [0.2, 0.25) is 0 Å². The number of epoxide rings is 1. The normalized spacial score (nSPS) is 12.3. The first-order valence-electron chi connectivity index (χ1n) is 8.69. The smallest absolute Gasteiger partial charge is 0.333 e. The molecule has 0 radical (unpaired) electrons. The minimum Gasteiger partial charge on any atom is -0.478 e. The Kier molecular flexibility index (Phi) is 22.2. The Hall–Kier alpha value is -3.18. The first-order chi connectivity index (χ1) is 13.6. The van der Waals surface area contributed by atoms with Crippen LogP contribution < -0.4 is 0 Å². The zero-order valence-corrected chi connectivity index (χ0v) is 17.4. The van der Waals surface area contributed by atoms with Crippen LogP contribution in [0.3, 0.4) is 0 Å². The summed E-state index contributed by atoms with van der Waals surface area (Å²) in [5, 5.41) is 15.4. The van der Waals surface area contributed by atoms with Gasteiger partial charge in [0.2, 0.25) is 0 Å². The van der Waals surface area contributed by atoms with Gasteiger partial charge in [-0.2, -0.15) is 5.26 Å². The molecule has 1 N–H and O–H groups in total. The Morgan fingerprint density at radius 2 is 1.69 bits per heavy atom. The van der Waals surface area contributed by atoms with Crippen molar-refractivity contribution >= 4 is 17.9 Å². The van der Waals surface area contributed by atoms with Gasteiger partial charge in [0, 0.05) is 23.3 Å². The molecule has 1 fully saturated rings. The van der Waals surface area contributed by atoms with E-state index in [4.69, 9.17) is 19.8 Å². The molecule has 1 aliphatic heterocycles. The second-order valence-electron chi connectivity index (χ2n) is 5.48. The number of nitriles is 1. The second-order valence-corrected chi connectivity index (χ2v) is 5.48. The maximum Gasteiger partial charge on any atom is 0.333 e. The SMILES string of the molecule is C=C(C)C(=O)O.C=C(C)C(=O)OCC1CO1.C=CC#N.C=CC(=O)OCCCC. The maximum absolute atomic E-state index is 10.7. The Labute approximate surface area is 172 Å². The predicted octanol–water partition coefficient (Wildman–Crippen LogP) is 3.36. The number of allylic oxidation sites excluding steroid dienone is 1. The van der Waals surface area contributed by atoms with E-state index < -0.39 is 5.97 Å². The van der Waals surface area contributed by atoms with E-state index in [1.807, 2.05) is 6.92 Å². The first-order valence-corrected chi connectivity index (χ1v) is 8.69. The molecule has 1 aliphatic rings. The van der Waals surface area contributed by atoms with Gasteiger partial charge in [-0.15, -0.1) is 0 Å². The van der Waals surface area contributed by atoms with Crippen LogP contribution in [-0.4, -0.2) is 48.9 Å². The van der Waals surface area contributed by atoms with Gasteiger partial charge in [0.15, 0.2) is 0 Å². The number of aliphatic carboxylic acids is 1. The number of esters is 2. The minimum atomic E-state index is -0.935. The van der Waals surface area contributed by atoms with E-state index in [0.717, 1.165) is 12.8 Å². The fourth-order valence-electron chi connectivity index (χ4n) is 0.832. The molecule has 1 unspecified atom stereocenters. The third kappa shape index (κ3) is 29.8. The number of nitrogens with zero attached hydrogens (tertiary/aromatic N) is 1. The molecule has 1 saturated heterocycles. The van der Waals surface area contributed by atoms with Gasteiger partial charge in [0.05, 0.1) is 19.3 Å². The van der Waals surface area contributed by atoms with Crippen molar-refractivity contribution in [1.82, 2.24) is 0 Å². The summed E-state index contributed by atoms with van der Waals surface area (Å²) in [6.45, 7) is 19.7. The molecular formula is C21H31NO7. The number of carboxylic acid groups (broad SMARTS) is 1. The van der Waals surface area contributed by atoms with E-state index >= 15 is 0 Å². The van der Waals surface area contributed by atoms with Gasteiger partial charge in [-0.3, -0.25) is 0 Å². The molecule has 162 valence electrons. The summed E-state index contributed by atoms with van der Waals surface area (Å²) in [7, 11) is 0. The van der Waals surface area contributed by atoms with Crippen molar-refractivity contribution in [2.75, 3.05) is 19.8 Å². The van der Waals surface area contributed by atoms with E-state index in [9.17, 15) is 14.4 Å². The highest BCUT2D eigenvalue weighted by Gasteiger charge is 2.24. The molecule has 0 saturated carbocycles. The summed E-state index contributed by atoms with van der Waals surface area (Å²) in [6.07, 6.45) is 4.47. The summed E-state index contributed by atoms with van der Waals surface area (Å²) in [5.74, 6) is -1.60. The van der Waals surface area contributed by atoms with Gasteiger partial charge in [-0.1, -0.05) is 39.7 Å². The lowest BCUT2D eigenvalue weighted by atomic mass is 10.4. The third-order valence-electron chi connectivity index (χ3n) is 2.52. The average Bonchev–Trinajstić information content (AvgIpc) is 3.51. The molecule has 0 aromatic carbocycles. The molecule has 0 amide bonds. The Bertz CT molecular complexity index is 587. The van der Waals surface area contributed by atoms with Crippen molar-refractivity contribution in [3.05, 3.63) is 49.6 Å². The Morgan fingerprint density at radius 3 is 1.97 bits per heavy atom. The molecule has 0 aromatic heterocycles. The summed E-state index contributed by atoms with van der Waals surface area (Å²) in [4.78, 5) is 30.6. The number of rotatable bonds is 8. The molecule has 8 heteroatoms. The van der Waals surface area contributed by atoms with Gasteiger partial charge < -0.3 is 19.3 Å². The highest BCUT2D eigenvalue weighted by molar-refractivity contribution is 5.87. The zero-order chi connectivity index (χ0) is 23.2. The molecule has 8 nitrogen and oxygen atoms in total. The minimum absolute atomic E-state index is 0.142. The molecule has 1 heterocycles. The highest BCUT2D eigenvalue weighted by Crippen LogP contribution is 2.09. The standard InChI is InChI=1S/C7H10O3.C7H12O2.C4H6O2.C3H3N/c1-5(2)7(8)10-4-6-3-9-6;1-3-5-6-9-7(8)4-2;1-3(2)4(5)6;1-2-3-4/h6H,1,3-4H2,2H3;4H,2-3,5-6H2,1H3;1H2,2H3,(H,5,6);2H,1H2. The van der Waals surface area contributed by atoms with Crippen LogP contribution in [0.1, 0.15) is 33.6 Å². The molecule has 0 aromatic rings. The van der Waals surface area contributed by atoms with E-state index in [2.05, 4.69) is 31.1 Å². The van der Waals surface area contributed by atoms with Gasteiger partial charge in [0.1, 0.15) is 12.7 Å². The number of carbonyl (C=O) groups is 3. The molecule has 0 aliphatic carbocycles. The summed E-state index contributed by atoms with van der Waals surface area (Å²) < 4.78 is 14.3. The Morgan fingerprint density at radius 1 is 1.21 bits per heavy atom. The van der Waals surface area contributed by atoms with Crippen molar-refractivity contribution < 1.29 is 33.7 Å². The Balaban J connectivity index is -0.000000329. The summed E-state index contributed by atoms with van der Waals surface area (Å²) in [5.41, 5.74) is 0.607. The van der Waals surface area contributed by atoms with Crippen molar-refractivity contribution in [3.63, 3.8) is 0 Å². The number of hydrogen-bond donors (Lipinski definition) is 1. The van der Waals surface area contributed by atoms with Crippen LogP contribution in [0.15, 0.2) is 49.6 Å². The monoisotopic (exact) mass is 409 g/mol. The van der Waals surface area contributed by atoms with E-state index in [1.165, 1.54) is 19.1 Å². The summed E-state index contributed by atoms with van der Waals surface area (Å²) in [6, 6.07) is 1.69. The van der Waals surface area contributed by atoms with Crippen molar-refractivity contribution in [2.24, 2.45) is 0 Å². The van der Waals surface area contributed by atoms with E-state index in [1.54, 1.807) is 13.0 Å². The maximum atomic E-state index is 10.7. The van der Waals surface area contributed by atoms with Crippen LogP contribution >= 0.6 is 0 Å².